The van der Waals surface area contributed by atoms with Crippen molar-refractivity contribution in [2.24, 2.45) is 0 Å². The largest absolute Gasteiger partial charge is 0.456 e. The molecule has 0 atom stereocenters. The zero-order valence-electron chi connectivity index (χ0n) is 27.2. The fourth-order valence-electron chi connectivity index (χ4n) is 8.64. The van der Waals surface area contributed by atoms with E-state index in [-0.39, 0.29) is 0 Å². The number of benzene rings is 9. The van der Waals surface area contributed by atoms with Crippen molar-refractivity contribution in [3.63, 3.8) is 0 Å². The van der Waals surface area contributed by atoms with E-state index in [2.05, 4.69) is 152 Å². The van der Waals surface area contributed by atoms with Crippen molar-refractivity contribution < 1.29 is 4.42 Å². The molecule has 0 aliphatic heterocycles. The number of hydrogen-bond acceptors (Lipinski definition) is 3. The highest BCUT2D eigenvalue weighted by molar-refractivity contribution is 7.28. The van der Waals surface area contributed by atoms with Crippen LogP contribution < -0.4 is 0 Å². The van der Waals surface area contributed by atoms with Gasteiger partial charge in [-0.25, -0.2) is 0 Å². The fraction of sp³-hybridized carbons (Fsp3) is 0. The molecule has 0 saturated carbocycles. The Bertz CT molecular complexity index is 3370. The van der Waals surface area contributed by atoms with E-state index in [0.29, 0.717) is 0 Å². The lowest BCUT2D eigenvalue weighted by Crippen LogP contribution is -1.90. The van der Waals surface area contributed by atoms with Gasteiger partial charge in [-0.3, -0.25) is 0 Å². The monoisotopic (exact) mass is 682 g/mol. The third-order valence-corrected chi connectivity index (χ3v) is 13.2. The third-order valence-electron chi connectivity index (χ3n) is 10.8. The quantitative estimate of drug-likeness (QED) is 0.165. The van der Waals surface area contributed by atoms with Crippen molar-refractivity contribution in [2.75, 3.05) is 0 Å². The highest BCUT2D eigenvalue weighted by atomic mass is 32.1. The Balaban J connectivity index is 1.14. The molecule has 0 amide bonds. The topological polar surface area (TPSA) is 13.1 Å². The summed E-state index contributed by atoms with van der Waals surface area (Å²) in [5, 5.41) is 15.4. The standard InChI is InChI=1S/C48H26OS2/c1-3-12-33-31(10-1)44(28-18-22-40-37(25-28)30-9-5-7-15-39(30)49-40)32-11-2-4-13-34(32)45(33)29-20-23-42-38(26-29)35-21-17-27-19-24-43-47(46(27)48(35)51-42)36-14-6-8-16-41(36)50-43/h1-26H. The van der Waals surface area contributed by atoms with Crippen molar-refractivity contribution in [1.82, 2.24) is 0 Å². The van der Waals surface area contributed by atoms with Crippen molar-refractivity contribution in [2.45, 2.75) is 0 Å². The minimum Gasteiger partial charge on any atom is -0.456 e. The molecule has 0 spiro atoms. The molecule has 236 valence electrons. The van der Waals surface area contributed by atoms with Crippen LogP contribution in [0.15, 0.2) is 162 Å². The summed E-state index contributed by atoms with van der Waals surface area (Å²) in [4.78, 5) is 0. The minimum atomic E-state index is 0.919. The van der Waals surface area contributed by atoms with Crippen molar-refractivity contribution >= 4 is 117 Å². The highest BCUT2D eigenvalue weighted by Gasteiger charge is 2.20. The summed E-state index contributed by atoms with van der Waals surface area (Å²) in [5.41, 5.74) is 6.84. The predicted octanol–water partition coefficient (Wildman–Crippen LogP) is 15.1. The van der Waals surface area contributed by atoms with Crippen molar-refractivity contribution in [3.8, 4) is 22.3 Å². The molecular formula is C48H26OS2. The predicted molar refractivity (Wildman–Crippen MR) is 223 cm³/mol. The van der Waals surface area contributed by atoms with Gasteiger partial charge in [-0.2, -0.15) is 0 Å². The van der Waals surface area contributed by atoms with E-state index in [9.17, 15) is 0 Å². The lowest BCUT2D eigenvalue weighted by atomic mass is 9.85. The Morgan fingerprint density at radius 3 is 1.63 bits per heavy atom. The minimum absolute atomic E-state index is 0.919. The normalized spacial score (nSPS) is 12.3. The van der Waals surface area contributed by atoms with E-state index in [0.717, 1.165) is 21.9 Å². The van der Waals surface area contributed by atoms with Gasteiger partial charge in [0.2, 0.25) is 0 Å². The Labute approximate surface area is 300 Å². The lowest BCUT2D eigenvalue weighted by Gasteiger charge is -2.18. The van der Waals surface area contributed by atoms with E-state index >= 15 is 0 Å². The van der Waals surface area contributed by atoms with E-state index in [4.69, 9.17) is 4.42 Å². The first-order chi connectivity index (χ1) is 25.3. The van der Waals surface area contributed by atoms with Gasteiger partial charge in [0, 0.05) is 56.5 Å². The van der Waals surface area contributed by atoms with E-state index in [1.165, 1.54) is 94.9 Å². The molecule has 3 heteroatoms. The van der Waals surface area contributed by atoms with Gasteiger partial charge < -0.3 is 4.42 Å². The Morgan fingerprint density at radius 2 is 0.882 bits per heavy atom. The molecule has 0 saturated heterocycles. The Morgan fingerprint density at radius 1 is 0.333 bits per heavy atom. The second kappa shape index (κ2) is 10.3. The average Bonchev–Trinajstić information content (AvgIpc) is 3.87. The fourth-order valence-corrected chi connectivity index (χ4v) is 11.0. The van der Waals surface area contributed by atoms with Crippen LogP contribution >= 0.6 is 22.7 Å². The van der Waals surface area contributed by atoms with Crippen LogP contribution in [0.25, 0.3) is 117 Å². The number of para-hydroxylation sites is 1. The lowest BCUT2D eigenvalue weighted by molar-refractivity contribution is 0.669. The van der Waals surface area contributed by atoms with Crippen LogP contribution in [0.2, 0.25) is 0 Å². The first kappa shape index (κ1) is 27.8. The average molecular weight is 683 g/mol. The molecular weight excluding hydrogens is 657 g/mol. The molecule has 0 aliphatic carbocycles. The summed E-state index contributed by atoms with van der Waals surface area (Å²) in [6.07, 6.45) is 0. The molecule has 0 unspecified atom stereocenters. The summed E-state index contributed by atoms with van der Waals surface area (Å²) >= 11 is 3.82. The van der Waals surface area contributed by atoms with Crippen molar-refractivity contribution in [3.05, 3.63) is 158 Å². The number of furan rings is 1. The molecule has 0 aliphatic rings. The van der Waals surface area contributed by atoms with Crippen LogP contribution in [0.4, 0.5) is 0 Å². The molecule has 51 heavy (non-hydrogen) atoms. The van der Waals surface area contributed by atoms with Crippen LogP contribution in [-0.4, -0.2) is 0 Å². The summed E-state index contributed by atoms with van der Waals surface area (Å²) in [6, 6.07) is 58.1. The van der Waals surface area contributed by atoms with Gasteiger partial charge in [-0.15, -0.1) is 22.7 Å². The van der Waals surface area contributed by atoms with E-state index < -0.39 is 0 Å². The molecule has 0 fully saturated rings. The maximum Gasteiger partial charge on any atom is 0.135 e. The molecule has 0 radical (unpaired) electrons. The molecule has 12 rings (SSSR count). The van der Waals surface area contributed by atoms with Crippen molar-refractivity contribution in [1.29, 1.82) is 0 Å². The first-order valence-corrected chi connectivity index (χ1v) is 19.0. The molecule has 9 aromatic carbocycles. The maximum absolute atomic E-state index is 6.21. The zero-order valence-corrected chi connectivity index (χ0v) is 28.9. The SMILES string of the molecule is c1ccc2c(c1)oc1ccc(-c3c4ccccc4c(-c4ccc5sc6c(ccc7ccc8sc9ccccc9c8c76)c5c4)c4ccccc34)cc12. The van der Waals surface area contributed by atoms with Crippen LogP contribution in [0.5, 0.6) is 0 Å². The van der Waals surface area contributed by atoms with Gasteiger partial charge >= 0.3 is 0 Å². The molecule has 0 bridgehead atoms. The third kappa shape index (κ3) is 3.85. The molecule has 12 aromatic rings. The van der Waals surface area contributed by atoms with Crippen LogP contribution in [0.1, 0.15) is 0 Å². The van der Waals surface area contributed by atoms with E-state index in [1.54, 1.807) is 0 Å². The summed E-state index contributed by atoms with van der Waals surface area (Å²) in [6.45, 7) is 0. The van der Waals surface area contributed by atoms with Crippen LogP contribution in [0.3, 0.4) is 0 Å². The van der Waals surface area contributed by atoms with Gasteiger partial charge in [0.25, 0.3) is 0 Å². The van der Waals surface area contributed by atoms with Crippen LogP contribution in [-0.2, 0) is 0 Å². The van der Waals surface area contributed by atoms with Crippen LogP contribution in [0, 0.1) is 0 Å². The highest BCUT2D eigenvalue weighted by Crippen LogP contribution is 2.48. The van der Waals surface area contributed by atoms with Gasteiger partial charge in [-0.1, -0.05) is 115 Å². The molecule has 0 N–H and O–H groups in total. The van der Waals surface area contributed by atoms with E-state index in [1.807, 2.05) is 28.7 Å². The zero-order chi connectivity index (χ0) is 33.2. The van der Waals surface area contributed by atoms with Gasteiger partial charge in [-0.05, 0) is 91.6 Å². The second-order valence-electron chi connectivity index (χ2n) is 13.5. The first-order valence-electron chi connectivity index (χ1n) is 17.3. The van der Waals surface area contributed by atoms with Gasteiger partial charge in [0.1, 0.15) is 11.2 Å². The summed E-state index contributed by atoms with van der Waals surface area (Å²) < 4.78 is 11.6. The molecule has 3 heterocycles. The number of thiophene rings is 2. The Hall–Kier alpha value is -6.00. The Kier molecular flexibility index (Phi) is 5.59. The number of rotatable bonds is 2. The van der Waals surface area contributed by atoms with Gasteiger partial charge in [0.05, 0.1) is 0 Å². The second-order valence-corrected chi connectivity index (χ2v) is 15.7. The number of fused-ring (bicyclic) bond motifs is 14. The maximum atomic E-state index is 6.21. The molecule has 3 aromatic heterocycles. The van der Waals surface area contributed by atoms with Gasteiger partial charge in [0.15, 0.2) is 0 Å². The summed E-state index contributed by atoms with van der Waals surface area (Å²) in [7, 11) is 0. The smallest absolute Gasteiger partial charge is 0.135 e. The number of hydrogen-bond donors (Lipinski definition) is 0. The summed E-state index contributed by atoms with van der Waals surface area (Å²) in [5.74, 6) is 0. The molecule has 1 nitrogen and oxygen atoms in total.